The van der Waals surface area contributed by atoms with Crippen LogP contribution in [0.2, 0.25) is 10.8 Å². The van der Waals surface area contributed by atoms with E-state index >= 15 is 0 Å². The van der Waals surface area contributed by atoms with Crippen molar-refractivity contribution in [3.63, 3.8) is 0 Å². The Labute approximate surface area is 236 Å². The molecule has 1 aliphatic rings. The van der Waals surface area contributed by atoms with Crippen LogP contribution in [0.25, 0.3) is 16.9 Å². The van der Waals surface area contributed by atoms with E-state index in [9.17, 15) is 5.53 Å². The molecule has 2 aromatic rings. The molecule has 0 spiro atoms. The van der Waals surface area contributed by atoms with Crippen molar-refractivity contribution in [3.05, 3.63) is 87.5 Å². The van der Waals surface area contributed by atoms with Crippen molar-refractivity contribution in [3.8, 4) is 0 Å². The summed E-state index contributed by atoms with van der Waals surface area (Å²) in [7, 11) is 0. The zero-order valence-corrected chi connectivity index (χ0v) is 25.9. The molecule has 0 aromatic heterocycles. The van der Waals surface area contributed by atoms with Crippen molar-refractivity contribution in [2.45, 2.75) is 116 Å². The number of nitrogens with zero attached hydrogens (tertiary/aromatic N) is 2. The van der Waals surface area contributed by atoms with Crippen LogP contribution in [0.5, 0.6) is 0 Å². The Kier molecular flexibility index (Phi) is 15.0. The molecule has 0 amide bonds. The Morgan fingerprint density at radius 1 is 0.541 bits per heavy atom. The summed E-state index contributed by atoms with van der Waals surface area (Å²) in [5.74, 6) is 0. The normalized spacial score (nSPS) is 13.4. The third kappa shape index (κ3) is 9.16. The third-order valence-electron chi connectivity index (χ3n) is 7.01. The van der Waals surface area contributed by atoms with Gasteiger partial charge in [-0.25, -0.2) is 4.70 Å². The monoisotopic (exact) mass is 592 g/mol. The van der Waals surface area contributed by atoms with E-state index in [1.165, 1.54) is 52.7 Å². The van der Waals surface area contributed by atoms with Crippen LogP contribution in [0.3, 0.4) is 0 Å². The third-order valence-corrected chi connectivity index (χ3v) is 7.01. The first-order valence-corrected chi connectivity index (χ1v) is 17.5. The maximum absolute atomic E-state index is 11.6. The van der Waals surface area contributed by atoms with Gasteiger partial charge in [0.05, 0.1) is 0 Å². The molecule has 37 heavy (non-hydrogen) atoms. The fourth-order valence-corrected chi connectivity index (χ4v) is 4.91. The van der Waals surface area contributed by atoms with Gasteiger partial charge in [0.15, 0.2) is 0 Å². The van der Waals surface area contributed by atoms with Gasteiger partial charge in [-0.1, -0.05) is 77.6 Å². The van der Waals surface area contributed by atoms with Crippen LogP contribution in [0.4, 0.5) is 0 Å². The molecular weight excluding hydrogens is 543 g/mol. The number of unbranched alkanes of at least 4 members (excludes halogenated alkanes) is 4. The molecule has 1 aliphatic heterocycles. The molecule has 206 valence electrons. The first-order valence-electron chi connectivity index (χ1n) is 14.4. The summed E-state index contributed by atoms with van der Waals surface area (Å²) in [6, 6.07) is 17.8. The zero-order valence-electron chi connectivity index (χ0n) is 24.3. The maximum atomic E-state index is 11.6. The summed E-state index contributed by atoms with van der Waals surface area (Å²) >= 11 is 0.950. The van der Waals surface area contributed by atoms with Crippen LogP contribution >= 0.6 is 0 Å². The van der Waals surface area contributed by atoms with Gasteiger partial charge in [0.25, 0.3) is 0 Å². The van der Waals surface area contributed by atoms with Crippen LogP contribution in [-0.4, -0.2) is 4.70 Å². The Morgan fingerprint density at radius 2 is 0.838 bits per heavy atom. The molecule has 0 saturated carbocycles. The molecule has 0 unspecified atom stereocenters. The van der Waals surface area contributed by atoms with Gasteiger partial charge in [-0.05, 0) is 86.8 Å². The quantitative estimate of drug-likeness (QED) is 0.154. The number of hydrogen-bond donors (Lipinski definition) is 0. The van der Waals surface area contributed by atoms with Crippen LogP contribution in [-0.2, 0) is 30.8 Å². The van der Waals surface area contributed by atoms with Gasteiger partial charge in [0.2, 0.25) is 11.4 Å². The van der Waals surface area contributed by atoms with Gasteiger partial charge in [0, 0.05) is 22.3 Å². The van der Waals surface area contributed by atoms with E-state index in [0.717, 1.165) is 91.9 Å². The van der Waals surface area contributed by atoms with E-state index in [2.05, 4.69) is 87.0 Å². The minimum atomic E-state index is 0.950. The second-order valence-corrected chi connectivity index (χ2v) is 11.6. The second-order valence-electron chi connectivity index (χ2n) is 10.1. The molecule has 1 heterocycles. The summed E-state index contributed by atoms with van der Waals surface area (Å²) in [6.07, 6.45) is 13.7. The molecular formula is C34H50N2Pd. The standard InChI is InChI=1S/C32H44N2.2CH3.Pd/c1-5-9-13-25-17-21-27(22-18-25)31-29(15-11-7-3)30(16-12-8-4)32(34(31)33)28-23-19-26(20-24-28)14-10-6-2;;;/h17-24H,5-16H2,1-4H3;2*1H3;. The average Bonchev–Trinajstić information content (AvgIpc) is 3.19. The van der Waals surface area contributed by atoms with E-state index in [1.54, 1.807) is 0 Å². The molecule has 3 heteroatoms. The first kappa shape index (κ1) is 31.4. The van der Waals surface area contributed by atoms with E-state index in [-0.39, 0.29) is 0 Å². The fraction of sp³-hybridized carbons (Fsp3) is 0.529. The Morgan fingerprint density at radius 3 is 1.14 bits per heavy atom. The fourth-order valence-electron chi connectivity index (χ4n) is 4.91. The summed E-state index contributed by atoms with van der Waals surface area (Å²) < 4.78 is 1.51. The van der Waals surface area contributed by atoms with Crippen LogP contribution in [0.15, 0.2) is 59.7 Å². The topological polar surface area (TPSA) is 25.3 Å². The predicted molar refractivity (Wildman–Crippen MR) is 158 cm³/mol. The van der Waals surface area contributed by atoms with Gasteiger partial charge in [-0.15, -0.1) is 0 Å². The number of aryl methyl sites for hydroxylation is 2. The van der Waals surface area contributed by atoms with Crippen molar-refractivity contribution >= 4 is 11.4 Å². The van der Waals surface area contributed by atoms with Crippen molar-refractivity contribution < 1.29 is 22.7 Å². The Balaban J connectivity index is 0.00000153. The van der Waals surface area contributed by atoms with Crippen LogP contribution in [0.1, 0.15) is 114 Å². The number of allylic oxidation sites excluding steroid dienone is 2. The molecule has 0 atom stereocenters. The summed E-state index contributed by atoms with van der Waals surface area (Å²) in [5.41, 5.74) is 21.3. The van der Waals surface area contributed by atoms with Crippen molar-refractivity contribution in [2.75, 3.05) is 0 Å². The number of hydrogen-bond acceptors (Lipinski definition) is 0. The van der Waals surface area contributed by atoms with E-state index in [4.69, 9.17) is 0 Å². The Hall–Kier alpha value is -1.82. The van der Waals surface area contributed by atoms with E-state index in [0.29, 0.717) is 0 Å². The van der Waals surface area contributed by atoms with Gasteiger partial charge in [0.1, 0.15) is 0 Å². The van der Waals surface area contributed by atoms with Gasteiger partial charge < -0.3 is 5.53 Å². The average molecular weight is 593 g/mol. The molecule has 0 fully saturated rings. The minimum absolute atomic E-state index is 0.950. The van der Waals surface area contributed by atoms with Crippen LogP contribution < -0.4 is 0 Å². The van der Waals surface area contributed by atoms with Crippen molar-refractivity contribution in [1.29, 1.82) is 0 Å². The van der Waals surface area contributed by atoms with E-state index < -0.39 is 0 Å². The molecule has 0 radical (unpaired) electrons. The van der Waals surface area contributed by atoms with E-state index in [1.807, 2.05) is 0 Å². The molecule has 0 N–H and O–H groups in total. The predicted octanol–water partition coefficient (Wildman–Crippen LogP) is 11.1. The second kappa shape index (κ2) is 17.6. The Bertz CT molecular complexity index is 931. The van der Waals surface area contributed by atoms with Gasteiger partial charge in [-0.2, -0.15) is 0 Å². The summed E-state index contributed by atoms with van der Waals surface area (Å²) in [6.45, 7) is 8.98. The molecule has 2 aromatic carbocycles. The molecule has 0 saturated heterocycles. The van der Waals surface area contributed by atoms with Gasteiger partial charge in [-0.3, -0.25) is 0 Å². The SMILES string of the molecule is CCCCC1=C(c2ccc(CCCC)cc2)[N+](=[N-])C(c2ccc(CCCC)cc2)=C1CCCC.[CH3][Pd][CH3]. The molecule has 0 aliphatic carbocycles. The number of benzene rings is 2. The van der Waals surface area contributed by atoms with Gasteiger partial charge >= 0.3 is 28.8 Å². The molecule has 3 rings (SSSR count). The summed E-state index contributed by atoms with van der Waals surface area (Å²) in [4.78, 5) is 0. The zero-order chi connectivity index (χ0) is 27.0. The number of rotatable bonds is 14. The van der Waals surface area contributed by atoms with Crippen molar-refractivity contribution in [1.82, 2.24) is 0 Å². The van der Waals surface area contributed by atoms with Crippen molar-refractivity contribution in [2.24, 2.45) is 0 Å². The molecule has 0 bridgehead atoms. The molecule has 2 nitrogen and oxygen atoms in total. The van der Waals surface area contributed by atoms with Crippen LogP contribution in [0, 0.1) is 0 Å². The first-order chi connectivity index (χ1) is 18.1. The summed E-state index contributed by atoms with van der Waals surface area (Å²) in [5, 5.41) is 4.35.